The standard InChI is InChI=1S/C19H29N3O3S/c1-14-9-10-15(19(23)22-11-5-8-17(13-22)20-2)12-18(14)26(24,25)21-16-6-3-4-7-16/h9-10,12,16-17,20-21H,3-8,11,13H2,1-2H3. The lowest BCUT2D eigenvalue weighted by atomic mass is 10.0. The van der Waals surface area contributed by atoms with Crippen molar-refractivity contribution < 1.29 is 13.2 Å². The molecule has 3 rings (SSSR count). The molecule has 1 aliphatic carbocycles. The largest absolute Gasteiger partial charge is 0.337 e. The van der Waals surface area contributed by atoms with Gasteiger partial charge in [0, 0.05) is 30.7 Å². The van der Waals surface area contributed by atoms with Crippen LogP contribution in [0, 0.1) is 6.92 Å². The fourth-order valence-corrected chi connectivity index (χ4v) is 5.50. The Morgan fingerprint density at radius 1 is 1.12 bits per heavy atom. The van der Waals surface area contributed by atoms with E-state index >= 15 is 0 Å². The van der Waals surface area contributed by atoms with E-state index < -0.39 is 10.0 Å². The third-order valence-electron chi connectivity index (χ3n) is 5.52. The van der Waals surface area contributed by atoms with Crippen molar-refractivity contribution in [3.8, 4) is 0 Å². The summed E-state index contributed by atoms with van der Waals surface area (Å²) in [7, 11) is -1.70. The first-order valence-corrected chi connectivity index (χ1v) is 11.0. The van der Waals surface area contributed by atoms with E-state index in [9.17, 15) is 13.2 Å². The molecule has 2 aliphatic rings. The topological polar surface area (TPSA) is 78.5 Å². The highest BCUT2D eigenvalue weighted by molar-refractivity contribution is 7.89. The van der Waals surface area contributed by atoms with Gasteiger partial charge in [0.15, 0.2) is 0 Å². The maximum atomic E-state index is 12.9. The number of nitrogens with zero attached hydrogens (tertiary/aromatic N) is 1. The van der Waals surface area contributed by atoms with E-state index in [1.165, 1.54) is 6.07 Å². The first-order chi connectivity index (χ1) is 12.4. The Balaban J connectivity index is 1.81. The van der Waals surface area contributed by atoms with Crippen molar-refractivity contribution in [2.45, 2.75) is 62.4 Å². The third-order valence-corrected chi connectivity index (χ3v) is 7.18. The Hall–Kier alpha value is -1.44. The van der Waals surface area contributed by atoms with Gasteiger partial charge in [-0.2, -0.15) is 0 Å². The second kappa shape index (κ2) is 8.06. The second-order valence-corrected chi connectivity index (χ2v) is 9.14. The minimum atomic E-state index is -3.61. The number of piperidine rings is 1. The van der Waals surface area contributed by atoms with Crippen LogP contribution in [0.15, 0.2) is 23.1 Å². The average Bonchev–Trinajstić information content (AvgIpc) is 3.13. The number of amides is 1. The highest BCUT2D eigenvalue weighted by Crippen LogP contribution is 2.23. The number of aryl methyl sites for hydroxylation is 1. The molecule has 2 N–H and O–H groups in total. The zero-order chi connectivity index (χ0) is 18.7. The van der Waals surface area contributed by atoms with Gasteiger partial charge in [0.2, 0.25) is 10.0 Å². The van der Waals surface area contributed by atoms with Crippen LogP contribution in [0.5, 0.6) is 0 Å². The Bertz CT molecular complexity index is 757. The first kappa shape index (κ1) is 19.3. The van der Waals surface area contributed by atoms with Crippen molar-refractivity contribution in [3.05, 3.63) is 29.3 Å². The molecule has 1 saturated carbocycles. The van der Waals surface area contributed by atoms with Crippen molar-refractivity contribution in [2.24, 2.45) is 0 Å². The minimum absolute atomic E-state index is 0.0113. The lowest BCUT2D eigenvalue weighted by molar-refractivity contribution is 0.0698. The normalized spacial score (nSPS) is 21.9. The van der Waals surface area contributed by atoms with Gasteiger partial charge in [-0.25, -0.2) is 13.1 Å². The molecule has 7 heteroatoms. The van der Waals surface area contributed by atoms with E-state index in [4.69, 9.17) is 0 Å². The van der Waals surface area contributed by atoms with E-state index in [-0.39, 0.29) is 16.8 Å². The van der Waals surface area contributed by atoms with Crippen molar-refractivity contribution in [2.75, 3.05) is 20.1 Å². The zero-order valence-electron chi connectivity index (χ0n) is 15.6. The van der Waals surface area contributed by atoms with Crippen molar-refractivity contribution in [3.63, 3.8) is 0 Å². The van der Waals surface area contributed by atoms with Crippen molar-refractivity contribution in [1.29, 1.82) is 0 Å². The lowest BCUT2D eigenvalue weighted by Gasteiger charge is -2.32. The van der Waals surface area contributed by atoms with Crippen LogP contribution in [-0.4, -0.2) is 51.4 Å². The Morgan fingerprint density at radius 3 is 2.50 bits per heavy atom. The number of likely N-dealkylation sites (tertiary alicyclic amines) is 1. The van der Waals surface area contributed by atoms with Crippen LogP contribution in [0.1, 0.15) is 54.4 Å². The maximum absolute atomic E-state index is 12.9. The molecular weight excluding hydrogens is 350 g/mol. The van der Waals surface area contributed by atoms with Crippen molar-refractivity contribution in [1.82, 2.24) is 14.9 Å². The Labute approximate surface area is 156 Å². The first-order valence-electron chi connectivity index (χ1n) is 9.50. The number of likely N-dealkylation sites (N-methyl/N-ethyl adjacent to an activating group) is 1. The number of nitrogens with one attached hydrogen (secondary N) is 2. The van der Waals surface area contributed by atoms with E-state index in [0.717, 1.165) is 38.5 Å². The molecule has 144 valence electrons. The molecule has 1 aliphatic heterocycles. The minimum Gasteiger partial charge on any atom is -0.337 e. The second-order valence-electron chi connectivity index (χ2n) is 7.46. The summed E-state index contributed by atoms with van der Waals surface area (Å²) in [6.45, 7) is 3.15. The van der Waals surface area contributed by atoms with Gasteiger partial charge in [0.05, 0.1) is 4.90 Å². The molecule has 0 radical (unpaired) electrons. The molecule has 6 nitrogen and oxygen atoms in total. The highest BCUT2D eigenvalue weighted by Gasteiger charge is 2.27. The van der Waals surface area contributed by atoms with E-state index in [0.29, 0.717) is 30.3 Å². The molecule has 1 aromatic carbocycles. The van der Waals surface area contributed by atoms with Crippen molar-refractivity contribution >= 4 is 15.9 Å². The smallest absolute Gasteiger partial charge is 0.253 e. The molecule has 1 saturated heterocycles. The number of carbonyl (C=O) groups excluding carboxylic acids is 1. The van der Waals surface area contributed by atoms with Gasteiger partial charge < -0.3 is 10.2 Å². The molecular formula is C19H29N3O3S. The molecule has 0 bridgehead atoms. The predicted octanol–water partition coefficient (Wildman–Crippen LogP) is 2.04. The van der Waals surface area contributed by atoms with Gasteiger partial charge in [-0.3, -0.25) is 4.79 Å². The van der Waals surface area contributed by atoms with Crippen LogP contribution in [-0.2, 0) is 10.0 Å². The van der Waals surface area contributed by atoms with Gasteiger partial charge in [-0.15, -0.1) is 0 Å². The molecule has 0 spiro atoms. The summed E-state index contributed by atoms with van der Waals surface area (Å²) in [6, 6.07) is 5.31. The number of hydrogen-bond donors (Lipinski definition) is 2. The highest BCUT2D eigenvalue weighted by atomic mass is 32.2. The average molecular weight is 380 g/mol. The summed E-state index contributed by atoms with van der Waals surface area (Å²) in [5, 5.41) is 3.23. The molecule has 2 fully saturated rings. The zero-order valence-corrected chi connectivity index (χ0v) is 16.4. The van der Waals surface area contributed by atoms with E-state index in [1.54, 1.807) is 19.1 Å². The molecule has 0 aromatic heterocycles. The van der Waals surface area contributed by atoms with Gasteiger partial charge in [-0.1, -0.05) is 18.9 Å². The van der Waals surface area contributed by atoms with E-state index in [1.807, 2.05) is 11.9 Å². The van der Waals surface area contributed by atoms with Crippen LogP contribution < -0.4 is 10.0 Å². The van der Waals surface area contributed by atoms with Crippen LogP contribution in [0.3, 0.4) is 0 Å². The van der Waals surface area contributed by atoms with Gasteiger partial charge in [0.25, 0.3) is 5.91 Å². The number of benzene rings is 1. The summed E-state index contributed by atoms with van der Waals surface area (Å²) in [6.07, 6.45) is 5.90. The fourth-order valence-electron chi connectivity index (χ4n) is 3.93. The predicted molar refractivity (Wildman–Crippen MR) is 102 cm³/mol. The molecule has 26 heavy (non-hydrogen) atoms. The van der Waals surface area contributed by atoms with E-state index in [2.05, 4.69) is 10.0 Å². The van der Waals surface area contributed by atoms with Crippen LogP contribution >= 0.6 is 0 Å². The third kappa shape index (κ3) is 4.27. The summed E-state index contributed by atoms with van der Waals surface area (Å²) < 4.78 is 28.4. The Kier molecular flexibility index (Phi) is 5.99. The number of sulfonamides is 1. The lowest BCUT2D eigenvalue weighted by Crippen LogP contribution is -2.47. The number of carbonyl (C=O) groups is 1. The monoisotopic (exact) mass is 379 g/mol. The van der Waals surface area contributed by atoms with Gasteiger partial charge in [-0.05, 0) is 57.4 Å². The van der Waals surface area contributed by atoms with Crippen LogP contribution in [0.2, 0.25) is 0 Å². The quantitative estimate of drug-likeness (QED) is 0.821. The molecule has 1 atom stereocenters. The summed E-state index contributed by atoms with van der Waals surface area (Å²) in [5.74, 6) is -0.0951. The number of rotatable bonds is 5. The summed E-state index contributed by atoms with van der Waals surface area (Å²) in [5.41, 5.74) is 1.11. The molecule has 1 amide bonds. The van der Waals surface area contributed by atoms with Gasteiger partial charge >= 0.3 is 0 Å². The maximum Gasteiger partial charge on any atom is 0.253 e. The van der Waals surface area contributed by atoms with Gasteiger partial charge in [0.1, 0.15) is 0 Å². The Morgan fingerprint density at radius 2 is 1.81 bits per heavy atom. The molecule has 1 aromatic rings. The SMILES string of the molecule is CNC1CCCN(C(=O)c2ccc(C)c(S(=O)(=O)NC3CCCC3)c2)C1. The molecule has 1 unspecified atom stereocenters. The summed E-state index contributed by atoms with van der Waals surface area (Å²) >= 11 is 0. The number of hydrogen-bond acceptors (Lipinski definition) is 4. The van der Waals surface area contributed by atoms with Crippen LogP contribution in [0.25, 0.3) is 0 Å². The summed E-state index contributed by atoms with van der Waals surface area (Å²) in [4.78, 5) is 14.9. The fraction of sp³-hybridized carbons (Fsp3) is 0.632. The van der Waals surface area contributed by atoms with Crippen LogP contribution in [0.4, 0.5) is 0 Å². The molecule has 1 heterocycles.